The van der Waals surface area contributed by atoms with E-state index in [-0.39, 0.29) is 6.10 Å². The molecule has 1 atom stereocenters. The summed E-state index contributed by atoms with van der Waals surface area (Å²) in [4.78, 5) is 0. The molecule has 1 N–H and O–H groups in total. The zero-order valence-corrected chi connectivity index (χ0v) is 8.94. The minimum atomic E-state index is 0.0498. The summed E-state index contributed by atoms with van der Waals surface area (Å²) in [6, 6.07) is 0.329. The second-order valence-electron chi connectivity index (χ2n) is 2.94. The van der Waals surface area contributed by atoms with Crippen LogP contribution >= 0.6 is 12.2 Å². The van der Waals surface area contributed by atoms with Crippen LogP contribution in [-0.2, 0) is 4.74 Å². The van der Waals surface area contributed by atoms with Crippen molar-refractivity contribution in [2.45, 2.75) is 39.8 Å². The number of rotatable bonds is 3. The van der Waals surface area contributed by atoms with E-state index in [9.17, 15) is 0 Å². The Morgan fingerprint density at radius 1 is 1.42 bits per heavy atom. The van der Waals surface area contributed by atoms with Gasteiger partial charge in [0.2, 0.25) is 0 Å². The molecular formula is C9H17NOS. The molecule has 0 aliphatic carbocycles. The third kappa shape index (κ3) is 6.16. The lowest BCUT2D eigenvalue weighted by atomic mass is 10.4. The summed E-state index contributed by atoms with van der Waals surface area (Å²) in [5.74, 6) is 0. The summed E-state index contributed by atoms with van der Waals surface area (Å²) < 4.78 is 5.34. The van der Waals surface area contributed by atoms with Crippen molar-refractivity contribution in [3.63, 3.8) is 0 Å². The monoisotopic (exact) mass is 187 g/mol. The van der Waals surface area contributed by atoms with Gasteiger partial charge in [0.05, 0.1) is 0 Å². The Bertz CT molecular complexity index is 166. The molecule has 0 aromatic rings. The standard InChI is InChI=1S/C9H17NOS/c1-5-6-8(4)11-9(12)10-7(2)3/h5-8H,1-4H3,(H,10,12)/b6-5+. The maximum atomic E-state index is 5.34. The zero-order chi connectivity index (χ0) is 9.56. The van der Waals surface area contributed by atoms with Crippen molar-refractivity contribution in [2.24, 2.45) is 0 Å². The summed E-state index contributed by atoms with van der Waals surface area (Å²) in [6.45, 7) is 7.96. The Balaban J connectivity index is 3.69. The molecule has 0 fully saturated rings. The molecule has 0 bridgehead atoms. The van der Waals surface area contributed by atoms with Crippen molar-refractivity contribution < 1.29 is 4.74 Å². The van der Waals surface area contributed by atoms with Gasteiger partial charge >= 0.3 is 0 Å². The molecule has 0 heterocycles. The van der Waals surface area contributed by atoms with Crippen LogP contribution in [-0.4, -0.2) is 17.3 Å². The van der Waals surface area contributed by atoms with Crippen LogP contribution in [0.2, 0.25) is 0 Å². The Labute approximate surface area is 80.0 Å². The van der Waals surface area contributed by atoms with Crippen molar-refractivity contribution in [3.05, 3.63) is 12.2 Å². The number of allylic oxidation sites excluding steroid dienone is 1. The van der Waals surface area contributed by atoms with E-state index < -0.39 is 0 Å². The highest BCUT2D eigenvalue weighted by atomic mass is 32.1. The molecule has 0 aliphatic heterocycles. The van der Waals surface area contributed by atoms with Crippen LogP contribution in [0.25, 0.3) is 0 Å². The molecule has 0 aromatic carbocycles. The van der Waals surface area contributed by atoms with Gasteiger partial charge in [-0.25, -0.2) is 0 Å². The zero-order valence-electron chi connectivity index (χ0n) is 8.13. The van der Waals surface area contributed by atoms with E-state index in [1.165, 1.54) is 0 Å². The Morgan fingerprint density at radius 2 is 2.00 bits per heavy atom. The van der Waals surface area contributed by atoms with Crippen LogP contribution in [0.4, 0.5) is 0 Å². The van der Waals surface area contributed by atoms with Gasteiger partial charge in [0.1, 0.15) is 6.10 Å². The summed E-state index contributed by atoms with van der Waals surface area (Å²) in [5, 5.41) is 3.48. The predicted molar refractivity (Wildman–Crippen MR) is 56.2 cm³/mol. The molecule has 2 nitrogen and oxygen atoms in total. The third-order valence-electron chi connectivity index (χ3n) is 1.16. The van der Waals surface area contributed by atoms with Gasteiger partial charge in [0.15, 0.2) is 0 Å². The third-order valence-corrected chi connectivity index (χ3v) is 1.38. The van der Waals surface area contributed by atoms with Crippen LogP contribution in [0.5, 0.6) is 0 Å². The van der Waals surface area contributed by atoms with Crippen molar-refractivity contribution in [1.82, 2.24) is 5.32 Å². The van der Waals surface area contributed by atoms with Crippen LogP contribution in [0.3, 0.4) is 0 Å². The Morgan fingerprint density at radius 3 is 2.42 bits per heavy atom. The van der Waals surface area contributed by atoms with Gasteiger partial charge in [0, 0.05) is 6.04 Å². The van der Waals surface area contributed by atoms with Crippen LogP contribution in [0.15, 0.2) is 12.2 Å². The van der Waals surface area contributed by atoms with E-state index in [1.807, 2.05) is 39.8 Å². The van der Waals surface area contributed by atoms with Crippen molar-refractivity contribution >= 4 is 17.4 Å². The summed E-state index contributed by atoms with van der Waals surface area (Å²) in [5.41, 5.74) is 0. The van der Waals surface area contributed by atoms with Crippen molar-refractivity contribution in [1.29, 1.82) is 0 Å². The fourth-order valence-corrected chi connectivity index (χ4v) is 1.14. The van der Waals surface area contributed by atoms with E-state index in [1.54, 1.807) is 0 Å². The number of ether oxygens (including phenoxy) is 1. The number of thiocarbonyl (C=S) groups is 1. The summed E-state index contributed by atoms with van der Waals surface area (Å²) >= 11 is 4.95. The number of nitrogens with one attached hydrogen (secondary N) is 1. The number of hydrogen-bond acceptors (Lipinski definition) is 2. The fourth-order valence-electron chi connectivity index (χ4n) is 0.749. The average molecular weight is 187 g/mol. The van der Waals surface area contributed by atoms with Crippen LogP contribution in [0, 0.1) is 0 Å². The lowest BCUT2D eigenvalue weighted by molar-refractivity contribution is 0.248. The highest BCUT2D eigenvalue weighted by Gasteiger charge is 2.02. The largest absolute Gasteiger partial charge is 0.464 e. The van der Waals surface area contributed by atoms with Crippen LogP contribution in [0.1, 0.15) is 27.7 Å². The molecule has 0 saturated carbocycles. The van der Waals surface area contributed by atoms with Gasteiger partial charge in [-0.3, -0.25) is 0 Å². The minimum absolute atomic E-state index is 0.0498. The van der Waals surface area contributed by atoms with Crippen molar-refractivity contribution in [3.8, 4) is 0 Å². The van der Waals surface area contributed by atoms with Crippen LogP contribution < -0.4 is 5.32 Å². The molecule has 0 radical (unpaired) electrons. The van der Waals surface area contributed by atoms with E-state index in [0.717, 1.165) is 0 Å². The Hall–Kier alpha value is -0.570. The molecule has 3 heteroatoms. The second-order valence-corrected chi connectivity index (χ2v) is 3.31. The van der Waals surface area contributed by atoms with Gasteiger partial charge in [-0.15, -0.1) is 0 Å². The smallest absolute Gasteiger partial charge is 0.257 e. The fraction of sp³-hybridized carbons (Fsp3) is 0.667. The first kappa shape index (κ1) is 11.4. The maximum absolute atomic E-state index is 5.34. The molecule has 0 saturated heterocycles. The maximum Gasteiger partial charge on any atom is 0.257 e. The molecule has 0 spiro atoms. The highest BCUT2D eigenvalue weighted by molar-refractivity contribution is 7.80. The van der Waals surface area contributed by atoms with Gasteiger partial charge in [-0.1, -0.05) is 6.08 Å². The molecule has 0 rings (SSSR count). The first-order valence-corrected chi connectivity index (χ1v) is 4.57. The highest BCUT2D eigenvalue weighted by Crippen LogP contribution is 1.94. The Kier molecular flexibility index (Phi) is 5.72. The van der Waals surface area contributed by atoms with Gasteiger partial charge < -0.3 is 10.1 Å². The molecule has 12 heavy (non-hydrogen) atoms. The number of hydrogen-bond donors (Lipinski definition) is 1. The first-order chi connectivity index (χ1) is 5.56. The molecule has 0 amide bonds. The van der Waals surface area contributed by atoms with E-state index in [0.29, 0.717) is 11.2 Å². The van der Waals surface area contributed by atoms with Gasteiger partial charge in [-0.05, 0) is 46.0 Å². The normalized spacial score (nSPS) is 13.4. The van der Waals surface area contributed by atoms with Gasteiger partial charge in [-0.2, -0.15) is 0 Å². The first-order valence-electron chi connectivity index (χ1n) is 4.16. The van der Waals surface area contributed by atoms with E-state index in [4.69, 9.17) is 17.0 Å². The second kappa shape index (κ2) is 6.00. The van der Waals surface area contributed by atoms with Gasteiger partial charge in [0.25, 0.3) is 5.17 Å². The molecule has 70 valence electrons. The molecule has 0 aliphatic rings. The predicted octanol–water partition coefficient (Wildman–Crippen LogP) is 2.25. The minimum Gasteiger partial charge on any atom is -0.464 e. The van der Waals surface area contributed by atoms with E-state index in [2.05, 4.69) is 5.32 Å². The SMILES string of the molecule is C/C=C/C(C)OC(=S)NC(C)C. The van der Waals surface area contributed by atoms with E-state index >= 15 is 0 Å². The topological polar surface area (TPSA) is 21.3 Å². The average Bonchev–Trinajstić information content (AvgIpc) is 1.84. The molecule has 1 unspecified atom stereocenters. The lowest BCUT2D eigenvalue weighted by Crippen LogP contribution is -2.32. The molecule has 0 aromatic heterocycles. The summed E-state index contributed by atoms with van der Waals surface area (Å²) in [6.07, 6.45) is 3.95. The molecular weight excluding hydrogens is 170 g/mol. The lowest BCUT2D eigenvalue weighted by Gasteiger charge is -2.15. The quantitative estimate of drug-likeness (QED) is 0.541. The van der Waals surface area contributed by atoms with Crippen molar-refractivity contribution in [2.75, 3.05) is 0 Å². The summed E-state index contributed by atoms with van der Waals surface area (Å²) in [7, 11) is 0.